The van der Waals surface area contributed by atoms with Crippen molar-refractivity contribution in [1.82, 2.24) is 89.4 Å². The lowest BCUT2D eigenvalue weighted by atomic mass is 10.00. The van der Waals surface area contributed by atoms with Crippen molar-refractivity contribution in [3.05, 3.63) is 0 Å². The molecule has 0 spiro atoms. The third-order valence-corrected chi connectivity index (χ3v) is 29.2. The summed E-state index contributed by atoms with van der Waals surface area (Å²) in [6.07, 6.45) is 14.7. The largest absolute Gasteiger partial charge is 0.392 e. The van der Waals surface area contributed by atoms with Crippen LogP contribution in [0.1, 0.15) is 402 Å². The molecule has 24 nitrogen and oxygen atoms in total. The summed E-state index contributed by atoms with van der Waals surface area (Å²) in [5, 5.41) is 55.3. The van der Waals surface area contributed by atoms with Crippen LogP contribution in [0.4, 0.5) is 0 Å². The highest BCUT2D eigenvalue weighted by Crippen LogP contribution is 2.31. The minimum atomic E-state index is -0.232. The molecule has 5 atom stereocenters. The van der Waals surface area contributed by atoms with Crippen molar-refractivity contribution in [2.24, 2.45) is 5.92 Å². The fourth-order valence-corrected chi connectivity index (χ4v) is 15.4. The van der Waals surface area contributed by atoms with Crippen LogP contribution in [0.5, 0.6) is 0 Å². The van der Waals surface area contributed by atoms with E-state index in [4.69, 9.17) is 14.9 Å². The van der Waals surface area contributed by atoms with E-state index < -0.39 is 0 Å². The first-order valence-corrected chi connectivity index (χ1v) is 57.0. The van der Waals surface area contributed by atoms with Crippen LogP contribution < -0.4 is 16.0 Å². The first kappa shape index (κ1) is 152. The first-order chi connectivity index (χ1) is 64.0. The van der Waals surface area contributed by atoms with Crippen LogP contribution in [0, 0.1) is 5.92 Å². The number of likely N-dealkylation sites (N-methyl/N-ethyl adjacent to an activating group) is 7. The molecule has 24 heteroatoms. The van der Waals surface area contributed by atoms with Gasteiger partial charge in [0.2, 0.25) is 0 Å². The smallest absolute Gasteiger partial charge is 0.0794 e. The highest BCUT2D eigenvalue weighted by Gasteiger charge is 2.36. The lowest BCUT2D eigenvalue weighted by Crippen LogP contribution is -2.60. The van der Waals surface area contributed by atoms with Crippen LogP contribution in [-0.4, -0.2) is 467 Å². The number of hydrogen-bond acceptors (Lipinski definition) is 24. The van der Waals surface area contributed by atoms with E-state index in [2.05, 4.69) is 464 Å². The predicted molar refractivity (Wildman–Crippen MR) is 631 cm³/mol. The van der Waals surface area contributed by atoms with Gasteiger partial charge in [-0.05, 0) is 491 Å². The van der Waals surface area contributed by atoms with Crippen molar-refractivity contribution in [3.8, 4) is 0 Å². The molecule has 1 saturated carbocycles. The molecular formula is C118H266N18O6. The molecule has 0 aromatic carbocycles. The Morgan fingerprint density at radius 3 is 0.923 bits per heavy atom. The molecule has 0 aromatic rings. The molecule has 9 rings (SSSR count). The average Bonchev–Trinajstić information content (AvgIpc) is 0.977. The molecule has 8 saturated heterocycles. The molecule has 1 aliphatic carbocycles. The van der Waals surface area contributed by atoms with Gasteiger partial charge in [0.25, 0.3) is 0 Å². The Morgan fingerprint density at radius 1 is 0.387 bits per heavy atom. The zero-order valence-electron chi connectivity index (χ0n) is 107. The number of likely N-dealkylation sites (tertiary alicyclic amines) is 7. The van der Waals surface area contributed by atoms with Crippen LogP contribution >= 0.6 is 0 Å². The number of aliphatic hydroxyl groups excluding tert-OH is 5. The molecule has 0 bridgehead atoms. The minimum Gasteiger partial charge on any atom is -0.392 e. The van der Waals surface area contributed by atoms with E-state index in [1.165, 1.54) is 104 Å². The third-order valence-electron chi connectivity index (χ3n) is 29.2. The maximum Gasteiger partial charge on any atom is 0.0794 e. The van der Waals surface area contributed by atoms with Crippen molar-refractivity contribution in [1.29, 1.82) is 0 Å². The summed E-state index contributed by atoms with van der Waals surface area (Å²) in [7, 11) is 23.1. The second kappa shape index (κ2) is 74.2. The Hall–Kier alpha value is -0.960. The number of methoxy groups -OCH3 is 1. The Bertz CT molecular complexity index is 2760. The fourth-order valence-electron chi connectivity index (χ4n) is 15.4. The Labute approximate surface area is 891 Å². The average molecular weight is 2030 g/mol. The van der Waals surface area contributed by atoms with Gasteiger partial charge in [-0.3, -0.25) is 44.1 Å². The molecule has 3 unspecified atom stereocenters. The number of rotatable bonds is 21. The van der Waals surface area contributed by atoms with Crippen molar-refractivity contribution < 1.29 is 30.3 Å². The van der Waals surface area contributed by atoms with E-state index in [9.17, 15) is 15.3 Å². The van der Waals surface area contributed by atoms with Crippen molar-refractivity contribution >= 4 is 0 Å². The molecular weight excluding hydrogens is 1770 g/mol. The summed E-state index contributed by atoms with van der Waals surface area (Å²) in [5.74, 6) is 1.04. The molecule has 864 valence electrons. The zero-order chi connectivity index (χ0) is 113. The van der Waals surface area contributed by atoms with Gasteiger partial charge in [0, 0.05) is 228 Å². The van der Waals surface area contributed by atoms with Gasteiger partial charge < -0.3 is 75.6 Å². The van der Waals surface area contributed by atoms with Crippen LogP contribution in [-0.2, 0) is 4.74 Å². The van der Waals surface area contributed by atoms with Gasteiger partial charge in [0.05, 0.1) is 37.1 Å². The molecule has 142 heavy (non-hydrogen) atoms. The number of nitrogens with one attached hydrogen (secondary N) is 3. The van der Waals surface area contributed by atoms with Gasteiger partial charge in [0.15, 0.2) is 0 Å². The SMILES string of the molecule is CC(C)(C)N1CCC(O)C1.CC(C)(C)N1CC[C@@H](O)C1.CC(C)(C)N1CC[C@H](O)C1.CC(C)N(C)C(C)C.CC(C)N(C)CC1CC1.CC(C)N1CC(O)C1.CC(C)N1CCCCC1.CC(O)CN(C)C(C)(C)C.CC1CCCN1C(C)(C)C.CCCN(C)C(C)(C)C.CCCNC(C)(C)C.CN(C1CNC1)C(C)(C)C.CN1CC(N(C)C(C)(C)C)C1.CNCCN(C)C(C)(C)C.COCCN(C)C(C)(C)C. The number of hydrogen-bond donors (Lipinski definition) is 8. The Balaban J connectivity index is -0.000000349. The molecule has 9 fully saturated rings. The van der Waals surface area contributed by atoms with Crippen molar-refractivity contribution in [3.63, 3.8) is 0 Å². The molecule has 9 aliphatic rings. The molecule has 0 amide bonds. The number of aliphatic hydroxyl groups is 5. The van der Waals surface area contributed by atoms with E-state index in [1.807, 2.05) is 21.0 Å². The number of piperidine rings is 1. The summed E-state index contributed by atoms with van der Waals surface area (Å²) in [5.41, 5.74) is 3.11. The minimum absolute atomic E-state index is 0.0441. The fraction of sp³-hybridized carbons (Fsp3) is 1.00. The normalized spacial score (nSPS) is 20.6. The van der Waals surface area contributed by atoms with Gasteiger partial charge in [0.1, 0.15) is 0 Å². The van der Waals surface area contributed by atoms with Gasteiger partial charge in [-0.1, -0.05) is 20.3 Å². The van der Waals surface area contributed by atoms with Gasteiger partial charge >= 0.3 is 0 Å². The van der Waals surface area contributed by atoms with E-state index in [0.29, 0.717) is 51.4 Å². The van der Waals surface area contributed by atoms with Crippen molar-refractivity contribution in [2.45, 2.75) is 542 Å². The quantitative estimate of drug-likeness (QED) is 0.0540. The molecule has 8 aliphatic heterocycles. The lowest BCUT2D eigenvalue weighted by Gasteiger charge is -2.47. The standard InChI is InChI=1S/C9H20N2.C9H19N.C8H18N2.C8H20N2.3C8H17NO.2C8H19NO.2C8H17N.C8H19N.2C7H17N.C6H13NO/c1-9(2,3)11(5)8-6-10(4)7-8;1-8-6-5-7-10(8)9(2,3)4;1-8(2,3)10(4)7-5-9-6-7;1-8(2,3)10(5)7-6-9-4;3*1-8(2,3)9-5-4-7(10)6-9;1-8(2,3)9(4)6-7-10-5;1-7(10)6-9(5)8(2,3)4;1-7(2)9(3)6-8-4-5-8;1-8(2)9-6-4-3-5-7-9;1-6-7-9(5)8(2,3)4;1-6(2)8(5)7(3)4;1-5-6-8-7(2,3)4;1-5(2)7-3-6(8)4-7/h8H,6-7H2,1-5H3;8H,5-7H2,1-4H3;7,9H,5-6H2,1-4H3;9H,6-7H2,1-5H3;3*7,10H,4-6H2,1-3H3;6-7H2,1-5H3;7,10H,6H2,1-5H3;7-8H,4-6H2,1-3H3;8H,3-7H2,1-2H3;6-7H2,1-5H3;6-7H,1-5H3;8H,5-6H2,1-4H3;5-6,8H,3-4H2,1-2H3/t;;;;2*7-;;;;;;;;;/m....10........./s1. The number of β-amino-alcohol motifs (C(OH)–C–C–N with tert-alkyl or cyclic N) is 5. The topological polar surface area (TPSA) is 195 Å². The predicted octanol–water partition coefficient (Wildman–Crippen LogP) is 19.3. The Morgan fingerprint density at radius 2 is 0.754 bits per heavy atom. The summed E-state index contributed by atoms with van der Waals surface area (Å²) < 4.78 is 4.97. The monoisotopic (exact) mass is 2030 g/mol. The lowest BCUT2D eigenvalue weighted by molar-refractivity contribution is -0.0161. The van der Waals surface area contributed by atoms with E-state index in [-0.39, 0.29) is 58.2 Å². The van der Waals surface area contributed by atoms with E-state index >= 15 is 0 Å². The van der Waals surface area contributed by atoms with Crippen LogP contribution in [0.2, 0.25) is 0 Å². The van der Waals surface area contributed by atoms with E-state index in [0.717, 1.165) is 160 Å². The van der Waals surface area contributed by atoms with Crippen LogP contribution in [0.3, 0.4) is 0 Å². The third kappa shape index (κ3) is 80.8. The van der Waals surface area contributed by atoms with Crippen LogP contribution in [0.15, 0.2) is 0 Å². The zero-order valence-corrected chi connectivity index (χ0v) is 107. The van der Waals surface area contributed by atoms with Gasteiger partial charge in [-0.25, -0.2) is 0 Å². The highest BCUT2D eigenvalue weighted by atomic mass is 16.5. The van der Waals surface area contributed by atoms with Gasteiger partial charge in [-0.15, -0.1) is 0 Å². The Kier molecular flexibility index (Phi) is 79.2. The summed E-state index contributed by atoms with van der Waals surface area (Å²) in [6, 6.07) is 5.80. The molecule has 8 heterocycles. The maximum atomic E-state index is 9.22. The second-order valence-electron chi connectivity index (χ2n) is 55.5. The molecule has 0 aromatic heterocycles. The summed E-state index contributed by atoms with van der Waals surface area (Å²) in [4.78, 5) is 35.5. The first-order valence-electron chi connectivity index (χ1n) is 57.0. The number of nitrogens with zero attached hydrogens (tertiary/aromatic N) is 15. The maximum absolute atomic E-state index is 9.22. The highest BCUT2D eigenvalue weighted by molar-refractivity contribution is 4.93. The summed E-state index contributed by atoms with van der Waals surface area (Å²) in [6.45, 7) is 128. The molecule has 8 N–H and O–H groups in total. The van der Waals surface area contributed by atoms with E-state index in [1.54, 1.807) is 7.11 Å². The van der Waals surface area contributed by atoms with Crippen LogP contribution in [0.25, 0.3) is 0 Å². The van der Waals surface area contributed by atoms with Gasteiger partial charge in [-0.2, -0.15) is 0 Å². The molecule has 0 radical (unpaired) electrons. The van der Waals surface area contributed by atoms with Crippen molar-refractivity contribution in [2.75, 3.05) is 228 Å². The number of ether oxygens (including phenoxy) is 1. The summed E-state index contributed by atoms with van der Waals surface area (Å²) >= 11 is 0. The second-order valence-corrected chi connectivity index (χ2v) is 55.5.